The lowest BCUT2D eigenvalue weighted by Crippen LogP contribution is -2.24. The predicted octanol–water partition coefficient (Wildman–Crippen LogP) is 2.34. The number of nitrogens with one attached hydrogen (secondary N) is 1. The molecule has 0 bridgehead atoms. The van der Waals surface area contributed by atoms with Crippen molar-refractivity contribution in [2.45, 2.75) is 45.7 Å². The van der Waals surface area contributed by atoms with Gasteiger partial charge in [-0.15, -0.1) is 0 Å². The largest absolute Gasteiger partial charge is 0.360 e. The molecule has 3 nitrogen and oxygen atoms in total. The third-order valence-electron chi connectivity index (χ3n) is 2.11. The van der Waals surface area contributed by atoms with Crippen LogP contribution in [0, 0.1) is 0 Å². The van der Waals surface area contributed by atoms with Gasteiger partial charge in [0.25, 0.3) is 0 Å². The summed E-state index contributed by atoms with van der Waals surface area (Å²) in [5.41, 5.74) is 0. The Morgan fingerprint density at radius 1 is 1.62 bits per heavy atom. The number of hydrogen-bond acceptors (Lipinski definition) is 3. The third-order valence-corrected chi connectivity index (χ3v) is 2.11. The number of nitrogens with zero attached hydrogens (tertiary/aromatic N) is 1. The molecule has 0 spiro atoms. The second kappa shape index (κ2) is 5.75. The van der Waals surface area contributed by atoms with Crippen LogP contribution in [0.3, 0.4) is 0 Å². The van der Waals surface area contributed by atoms with Crippen molar-refractivity contribution in [2.75, 3.05) is 0 Å². The molecular weight excluding hydrogens is 164 g/mol. The summed E-state index contributed by atoms with van der Waals surface area (Å²) in [5.74, 6) is 0.906. The van der Waals surface area contributed by atoms with Gasteiger partial charge in [0.1, 0.15) is 5.76 Å². The van der Waals surface area contributed by atoms with Crippen molar-refractivity contribution in [1.29, 1.82) is 0 Å². The Balaban J connectivity index is 2.11. The summed E-state index contributed by atoms with van der Waals surface area (Å²) in [7, 11) is 0. The van der Waals surface area contributed by atoms with E-state index in [0.717, 1.165) is 12.3 Å². The third kappa shape index (κ3) is 4.08. The van der Waals surface area contributed by atoms with E-state index < -0.39 is 0 Å². The quantitative estimate of drug-likeness (QED) is 0.733. The van der Waals surface area contributed by atoms with E-state index in [4.69, 9.17) is 4.52 Å². The topological polar surface area (TPSA) is 38.1 Å². The molecule has 1 unspecified atom stereocenters. The molecule has 1 rings (SSSR count). The molecule has 13 heavy (non-hydrogen) atoms. The normalized spacial score (nSPS) is 13.1. The Morgan fingerprint density at radius 3 is 3.08 bits per heavy atom. The van der Waals surface area contributed by atoms with Crippen LogP contribution < -0.4 is 5.32 Å². The number of rotatable bonds is 6. The molecule has 3 heteroatoms. The van der Waals surface area contributed by atoms with Crippen LogP contribution in [0.15, 0.2) is 16.8 Å². The molecule has 1 atom stereocenters. The van der Waals surface area contributed by atoms with Crippen molar-refractivity contribution in [3.8, 4) is 0 Å². The maximum absolute atomic E-state index is 4.98. The first-order valence-corrected chi connectivity index (χ1v) is 4.96. The van der Waals surface area contributed by atoms with Crippen molar-refractivity contribution < 1.29 is 4.52 Å². The number of unbranched alkanes of at least 4 members (excludes halogenated alkanes) is 1. The van der Waals surface area contributed by atoms with Gasteiger partial charge in [0.15, 0.2) is 0 Å². The van der Waals surface area contributed by atoms with E-state index in [2.05, 4.69) is 24.3 Å². The van der Waals surface area contributed by atoms with Gasteiger partial charge in [-0.2, -0.15) is 0 Å². The zero-order chi connectivity index (χ0) is 9.52. The molecule has 0 saturated heterocycles. The average molecular weight is 182 g/mol. The summed E-state index contributed by atoms with van der Waals surface area (Å²) < 4.78 is 4.98. The smallest absolute Gasteiger partial charge is 0.150 e. The lowest BCUT2D eigenvalue weighted by atomic mass is 10.1. The summed E-state index contributed by atoms with van der Waals surface area (Å²) in [6, 6.07) is 2.45. The maximum atomic E-state index is 4.98. The van der Waals surface area contributed by atoms with Crippen molar-refractivity contribution in [3.05, 3.63) is 18.0 Å². The van der Waals surface area contributed by atoms with Gasteiger partial charge in [0.2, 0.25) is 0 Å². The minimum absolute atomic E-state index is 0.560. The summed E-state index contributed by atoms with van der Waals surface area (Å²) in [4.78, 5) is 0. The lowest BCUT2D eigenvalue weighted by molar-refractivity contribution is 0.361. The molecule has 0 fully saturated rings. The Bertz CT molecular complexity index is 209. The van der Waals surface area contributed by atoms with Crippen molar-refractivity contribution in [1.82, 2.24) is 10.5 Å². The van der Waals surface area contributed by atoms with E-state index in [9.17, 15) is 0 Å². The molecule has 0 aromatic carbocycles. The van der Waals surface area contributed by atoms with Gasteiger partial charge in [-0.1, -0.05) is 24.9 Å². The first-order valence-electron chi connectivity index (χ1n) is 4.96. The molecule has 0 amide bonds. The molecule has 1 N–H and O–H groups in total. The highest BCUT2D eigenvalue weighted by atomic mass is 16.5. The fraction of sp³-hybridized carbons (Fsp3) is 0.700. The first kappa shape index (κ1) is 10.3. The van der Waals surface area contributed by atoms with Crippen LogP contribution in [-0.2, 0) is 6.54 Å². The molecule has 74 valence electrons. The SMILES string of the molecule is CCCCC(C)NCc1ccno1. The molecule has 0 aliphatic heterocycles. The number of aromatic nitrogens is 1. The van der Waals surface area contributed by atoms with Gasteiger partial charge >= 0.3 is 0 Å². The van der Waals surface area contributed by atoms with E-state index in [1.54, 1.807) is 6.20 Å². The van der Waals surface area contributed by atoms with Crippen LogP contribution in [-0.4, -0.2) is 11.2 Å². The van der Waals surface area contributed by atoms with Crippen LogP contribution in [0.5, 0.6) is 0 Å². The lowest BCUT2D eigenvalue weighted by Gasteiger charge is -2.11. The van der Waals surface area contributed by atoms with Crippen molar-refractivity contribution in [3.63, 3.8) is 0 Å². The molecule has 1 aromatic heterocycles. The Kier molecular flexibility index (Phi) is 4.54. The van der Waals surface area contributed by atoms with E-state index in [0.29, 0.717) is 6.04 Å². The average Bonchev–Trinajstić information content (AvgIpc) is 2.64. The standard InChI is InChI=1S/C10H18N2O/c1-3-4-5-9(2)11-8-10-6-7-12-13-10/h6-7,9,11H,3-5,8H2,1-2H3. The van der Waals surface area contributed by atoms with Gasteiger partial charge in [-0.25, -0.2) is 0 Å². The molecule has 0 aliphatic carbocycles. The molecule has 0 saturated carbocycles. The molecular formula is C10H18N2O. The van der Waals surface area contributed by atoms with Gasteiger partial charge in [0.05, 0.1) is 12.7 Å². The fourth-order valence-corrected chi connectivity index (χ4v) is 1.22. The zero-order valence-electron chi connectivity index (χ0n) is 8.42. The van der Waals surface area contributed by atoms with Gasteiger partial charge in [-0.05, 0) is 13.3 Å². The van der Waals surface area contributed by atoms with E-state index in [1.807, 2.05) is 6.07 Å². The maximum Gasteiger partial charge on any atom is 0.150 e. The van der Waals surface area contributed by atoms with Crippen LogP contribution >= 0.6 is 0 Å². The highest BCUT2D eigenvalue weighted by molar-refractivity contribution is 4.92. The van der Waals surface area contributed by atoms with Crippen molar-refractivity contribution >= 4 is 0 Å². The monoisotopic (exact) mass is 182 g/mol. The van der Waals surface area contributed by atoms with Crippen LogP contribution in [0.2, 0.25) is 0 Å². The Morgan fingerprint density at radius 2 is 2.46 bits per heavy atom. The van der Waals surface area contributed by atoms with Gasteiger partial charge < -0.3 is 9.84 Å². The first-order chi connectivity index (χ1) is 6.33. The Hall–Kier alpha value is -0.830. The minimum atomic E-state index is 0.560. The van der Waals surface area contributed by atoms with E-state index in [-0.39, 0.29) is 0 Å². The van der Waals surface area contributed by atoms with Crippen LogP contribution in [0.25, 0.3) is 0 Å². The van der Waals surface area contributed by atoms with Crippen LogP contribution in [0.4, 0.5) is 0 Å². The zero-order valence-corrected chi connectivity index (χ0v) is 8.42. The van der Waals surface area contributed by atoms with Gasteiger partial charge in [0, 0.05) is 12.1 Å². The predicted molar refractivity (Wildman–Crippen MR) is 52.3 cm³/mol. The molecule has 0 radical (unpaired) electrons. The Labute approximate surface area is 79.5 Å². The summed E-state index contributed by atoms with van der Waals surface area (Å²) in [6.07, 6.45) is 5.44. The second-order valence-corrected chi connectivity index (χ2v) is 3.40. The van der Waals surface area contributed by atoms with Crippen molar-refractivity contribution in [2.24, 2.45) is 0 Å². The highest BCUT2D eigenvalue weighted by Crippen LogP contribution is 2.01. The number of hydrogen-bond donors (Lipinski definition) is 1. The molecule has 1 heterocycles. The minimum Gasteiger partial charge on any atom is -0.360 e. The fourth-order valence-electron chi connectivity index (χ4n) is 1.22. The van der Waals surface area contributed by atoms with E-state index >= 15 is 0 Å². The molecule has 1 aromatic rings. The van der Waals surface area contributed by atoms with Gasteiger partial charge in [-0.3, -0.25) is 0 Å². The second-order valence-electron chi connectivity index (χ2n) is 3.40. The molecule has 0 aliphatic rings. The highest BCUT2D eigenvalue weighted by Gasteiger charge is 2.01. The van der Waals surface area contributed by atoms with E-state index in [1.165, 1.54) is 19.3 Å². The summed E-state index contributed by atoms with van der Waals surface area (Å²) >= 11 is 0. The summed E-state index contributed by atoms with van der Waals surface area (Å²) in [5, 5.41) is 7.03. The summed E-state index contributed by atoms with van der Waals surface area (Å²) in [6.45, 7) is 5.19. The van der Waals surface area contributed by atoms with Crippen LogP contribution in [0.1, 0.15) is 38.9 Å².